The van der Waals surface area contributed by atoms with Crippen molar-refractivity contribution < 1.29 is 9.90 Å². The van der Waals surface area contributed by atoms with Crippen LogP contribution >= 0.6 is 0 Å². The predicted molar refractivity (Wildman–Crippen MR) is 56.0 cm³/mol. The zero-order valence-corrected chi connectivity index (χ0v) is 8.47. The molecule has 0 spiro atoms. The molecule has 15 heavy (non-hydrogen) atoms. The van der Waals surface area contributed by atoms with E-state index in [9.17, 15) is 4.79 Å². The lowest BCUT2D eigenvalue weighted by Gasteiger charge is -2.05. The van der Waals surface area contributed by atoms with Crippen LogP contribution in [0.5, 0.6) is 0 Å². The Labute approximate surface area is 89.0 Å². The van der Waals surface area contributed by atoms with E-state index in [1.54, 1.807) is 19.1 Å². The molecule has 1 aromatic rings. The Kier molecular flexibility index (Phi) is 3.87. The average Bonchev–Trinajstić information content (AvgIpc) is 2.26. The summed E-state index contributed by atoms with van der Waals surface area (Å²) in [6.45, 7) is 1.67. The molecule has 1 radical (unpaired) electrons. The number of carboxylic acid groups (broad SMARTS) is 1. The van der Waals surface area contributed by atoms with Crippen LogP contribution in [0, 0.1) is 23.7 Å². The number of aliphatic carboxylic acids is 1. The maximum absolute atomic E-state index is 10.6. The van der Waals surface area contributed by atoms with Gasteiger partial charge in [0.25, 0.3) is 0 Å². The van der Waals surface area contributed by atoms with Gasteiger partial charge in [-0.15, -0.1) is 0 Å². The molecule has 0 saturated carbocycles. The van der Waals surface area contributed by atoms with Gasteiger partial charge in [0.05, 0.1) is 17.6 Å². The third-order valence-corrected chi connectivity index (χ3v) is 2.17. The van der Waals surface area contributed by atoms with E-state index in [-0.39, 0.29) is 5.92 Å². The van der Waals surface area contributed by atoms with E-state index in [0.717, 1.165) is 5.56 Å². The topological polar surface area (TPSA) is 61.1 Å². The molecule has 1 unspecified atom stereocenters. The molecule has 1 atom stereocenters. The van der Waals surface area contributed by atoms with E-state index < -0.39 is 5.97 Å². The first-order chi connectivity index (χ1) is 7.13. The standard InChI is InChI=1S/C12H12NO2/c1-9(12(14)15)2-3-10-4-6-11(8-13)7-5-10/h3-7,9H,2H2,1H3,(H,14,15). The minimum Gasteiger partial charge on any atom is -0.481 e. The molecule has 0 saturated heterocycles. The van der Waals surface area contributed by atoms with Gasteiger partial charge < -0.3 is 5.11 Å². The van der Waals surface area contributed by atoms with E-state index in [0.29, 0.717) is 12.0 Å². The van der Waals surface area contributed by atoms with Crippen molar-refractivity contribution in [1.29, 1.82) is 5.26 Å². The zero-order valence-electron chi connectivity index (χ0n) is 8.47. The molecule has 0 aliphatic carbocycles. The molecule has 77 valence electrons. The van der Waals surface area contributed by atoms with Crippen LogP contribution in [0.3, 0.4) is 0 Å². The van der Waals surface area contributed by atoms with Gasteiger partial charge in [-0.25, -0.2) is 0 Å². The van der Waals surface area contributed by atoms with Gasteiger partial charge in [-0.2, -0.15) is 5.26 Å². The fraction of sp³-hybridized carbons (Fsp3) is 0.250. The number of carboxylic acids is 1. The largest absolute Gasteiger partial charge is 0.481 e. The van der Waals surface area contributed by atoms with E-state index in [1.807, 2.05) is 24.6 Å². The molecule has 3 heteroatoms. The molecule has 0 aliphatic heterocycles. The minimum atomic E-state index is -0.792. The monoisotopic (exact) mass is 202 g/mol. The van der Waals surface area contributed by atoms with Gasteiger partial charge in [0.2, 0.25) is 0 Å². The highest BCUT2D eigenvalue weighted by Gasteiger charge is 2.10. The first kappa shape index (κ1) is 11.3. The van der Waals surface area contributed by atoms with Crippen LogP contribution in [-0.4, -0.2) is 11.1 Å². The summed E-state index contributed by atoms with van der Waals surface area (Å²) in [7, 11) is 0. The second-order valence-electron chi connectivity index (χ2n) is 3.41. The van der Waals surface area contributed by atoms with Crippen LogP contribution < -0.4 is 0 Å². The number of carbonyl (C=O) groups is 1. The summed E-state index contributed by atoms with van der Waals surface area (Å²) in [5, 5.41) is 17.3. The molecule has 1 N–H and O–H groups in total. The number of rotatable bonds is 4. The Morgan fingerprint density at radius 2 is 2.13 bits per heavy atom. The van der Waals surface area contributed by atoms with Gasteiger partial charge in [-0.05, 0) is 30.5 Å². The van der Waals surface area contributed by atoms with Crippen molar-refractivity contribution in [1.82, 2.24) is 0 Å². The van der Waals surface area contributed by atoms with Crippen LogP contribution in [-0.2, 0) is 4.79 Å². The normalized spacial score (nSPS) is 11.7. The van der Waals surface area contributed by atoms with Crippen molar-refractivity contribution in [3.63, 3.8) is 0 Å². The molecule has 0 bridgehead atoms. The van der Waals surface area contributed by atoms with E-state index in [2.05, 4.69) is 0 Å². The van der Waals surface area contributed by atoms with E-state index in [1.165, 1.54) is 0 Å². The van der Waals surface area contributed by atoms with Crippen molar-refractivity contribution in [2.45, 2.75) is 13.3 Å². The lowest BCUT2D eigenvalue weighted by Crippen LogP contribution is -2.09. The Morgan fingerprint density at radius 3 is 2.60 bits per heavy atom. The second-order valence-corrected chi connectivity index (χ2v) is 3.41. The Morgan fingerprint density at radius 1 is 1.53 bits per heavy atom. The summed E-state index contributed by atoms with van der Waals surface area (Å²) in [6, 6.07) is 9.09. The fourth-order valence-electron chi connectivity index (χ4n) is 1.11. The maximum atomic E-state index is 10.6. The number of hydrogen-bond donors (Lipinski definition) is 1. The molecule has 1 rings (SSSR count). The van der Waals surface area contributed by atoms with E-state index >= 15 is 0 Å². The highest BCUT2D eigenvalue weighted by atomic mass is 16.4. The van der Waals surface area contributed by atoms with Gasteiger partial charge >= 0.3 is 5.97 Å². The number of nitriles is 1. The Balaban J connectivity index is 2.52. The summed E-state index contributed by atoms with van der Waals surface area (Å²) < 4.78 is 0. The molecule has 0 amide bonds. The molecule has 0 heterocycles. The lowest BCUT2D eigenvalue weighted by atomic mass is 10.0. The summed E-state index contributed by atoms with van der Waals surface area (Å²) in [6.07, 6.45) is 2.36. The van der Waals surface area contributed by atoms with Gasteiger partial charge in [-0.3, -0.25) is 4.79 Å². The van der Waals surface area contributed by atoms with Crippen LogP contribution in [0.2, 0.25) is 0 Å². The SMILES string of the molecule is CC(C[CH]c1ccc(C#N)cc1)C(=O)O. The molecule has 1 aromatic carbocycles. The van der Waals surface area contributed by atoms with Crippen LogP contribution in [0.1, 0.15) is 24.5 Å². The first-order valence-corrected chi connectivity index (χ1v) is 4.69. The van der Waals surface area contributed by atoms with Crippen molar-refractivity contribution in [2.24, 2.45) is 5.92 Å². The highest BCUT2D eigenvalue weighted by Crippen LogP contribution is 2.12. The van der Waals surface area contributed by atoms with Gasteiger partial charge in [-0.1, -0.05) is 19.1 Å². The van der Waals surface area contributed by atoms with Crippen LogP contribution in [0.15, 0.2) is 24.3 Å². The summed E-state index contributed by atoms with van der Waals surface area (Å²) in [5.41, 5.74) is 1.56. The number of hydrogen-bond acceptors (Lipinski definition) is 2. The molecule has 3 nitrogen and oxygen atoms in total. The third-order valence-electron chi connectivity index (χ3n) is 2.17. The van der Waals surface area contributed by atoms with E-state index in [4.69, 9.17) is 10.4 Å². The summed E-state index contributed by atoms with van der Waals surface area (Å²) >= 11 is 0. The van der Waals surface area contributed by atoms with Crippen LogP contribution in [0.25, 0.3) is 0 Å². The minimum absolute atomic E-state index is 0.374. The quantitative estimate of drug-likeness (QED) is 0.814. The molecule has 0 fully saturated rings. The van der Waals surface area contributed by atoms with Gasteiger partial charge in [0.15, 0.2) is 0 Å². The Hall–Kier alpha value is -1.82. The van der Waals surface area contributed by atoms with Crippen molar-refractivity contribution in [2.75, 3.05) is 0 Å². The first-order valence-electron chi connectivity index (χ1n) is 4.69. The van der Waals surface area contributed by atoms with Crippen molar-refractivity contribution >= 4 is 5.97 Å². The molecular weight excluding hydrogens is 190 g/mol. The van der Waals surface area contributed by atoms with Crippen LogP contribution in [0.4, 0.5) is 0 Å². The number of benzene rings is 1. The van der Waals surface area contributed by atoms with Crippen molar-refractivity contribution in [3.05, 3.63) is 41.8 Å². The van der Waals surface area contributed by atoms with Crippen molar-refractivity contribution in [3.8, 4) is 6.07 Å². The molecule has 0 aliphatic rings. The predicted octanol–water partition coefficient (Wildman–Crippen LogP) is 2.22. The zero-order chi connectivity index (χ0) is 11.3. The average molecular weight is 202 g/mol. The highest BCUT2D eigenvalue weighted by molar-refractivity contribution is 5.69. The third kappa shape index (κ3) is 3.43. The van der Waals surface area contributed by atoms with Gasteiger partial charge in [0, 0.05) is 0 Å². The fourth-order valence-corrected chi connectivity index (χ4v) is 1.11. The summed E-state index contributed by atoms with van der Waals surface area (Å²) in [5.74, 6) is -1.17. The number of nitrogens with zero attached hydrogens (tertiary/aromatic N) is 1. The van der Waals surface area contributed by atoms with Gasteiger partial charge in [0.1, 0.15) is 0 Å². The lowest BCUT2D eigenvalue weighted by molar-refractivity contribution is -0.141. The molecular formula is C12H12NO2. The maximum Gasteiger partial charge on any atom is 0.306 e. The smallest absolute Gasteiger partial charge is 0.306 e. The second kappa shape index (κ2) is 5.16. The Bertz CT molecular complexity index is 376. The molecule has 0 aromatic heterocycles. The summed E-state index contributed by atoms with van der Waals surface area (Å²) in [4.78, 5) is 10.6.